The van der Waals surface area contributed by atoms with E-state index in [4.69, 9.17) is 23.2 Å². The van der Waals surface area contributed by atoms with Crippen LogP contribution in [0.3, 0.4) is 0 Å². The highest BCUT2D eigenvalue weighted by molar-refractivity contribution is 6.31. The highest BCUT2D eigenvalue weighted by Crippen LogP contribution is 2.21. The maximum absolute atomic E-state index is 13.6. The molecule has 1 heterocycles. The van der Waals surface area contributed by atoms with E-state index in [1.54, 1.807) is 25.1 Å². The highest BCUT2D eigenvalue weighted by Gasteiger charge is 2.10. The predicted octanol–water partition coefficient (Wildman–Crippen LogP) is 3.82. The molecule has 0 unspecified atom stereocenters. The molecule has 2 aromatic rings. The molecule has 0 N–H and O–H groups in total. The lowest BCUT2D eigenvalue weighted by molar-refractivity contribution is 0.612. The van der Waals surface area contributed by atoms with Crippen LogP contribution >= 0.6 is 23.2 Å². The van der Waals surface area contributed by atoms with Crippen LogP contribution in [-0.4, -0.2) is 9.97 Å². The fourth-order valence-corrected chi connectivity index (χ4v) is 2.01. The molecule has 17 heavy (non-hydrogen) atoms. The molecule has 2 rings (SSSR count). The van der Waals surface area contributed by atoms with Crippen molar-refractivity contribution in [1.29, 1.82) is 0 Å². The van der Waals surface area contributed by atoms with Gasteiger partial charge in [-0.1, -0.05) is 29.3 Å². The lowest BCUT2D eigenvalue weighted by Crippen LogP contribution is -2.01. The van der Waals surface area contributed by atoms with Gasteiger partial charge in [0, 0.05) is 22.7 Å². The van der Waals surface area contributed by atoms with Gasteiger partial charge in [-0.25, -0.2) is 14.4 Å². The Morgan fingerprint density at radius 2 is 2.00 bits per heavy atom. The number of aryl methyl sites for hydroxylation is 1. The molecule has 5 heteroatoms. The molecule has 0 aliphatic carbocycles. The highest BCUT2D eigenvalue weighted by atomic mass is 35.5. The van der Waals surface area contributed by atoms with Crippen molar-refractivity contribution in [3.63, 3.8) is 0 Å². The van der Waals surface area contributed by atoms with Gasteiger partial charge < -0.3 is 0 Å². The van der Waals surface area contributed by atoms with Crippen molar-refractivity contribution >= 4 is 23.2 Å². The van der Waals surface area contributed by atoms with Crippen LogP contribution in [0, 0.1) is 12.7 Å². The number of aromatic nitrogens is 2. The van der Waals surface area contributed by atoms with Crippen molar-refractivity contribution in [3.8, 4) is 0 Å². The van der Waals surface area contributed by atoms with E-state index in [0.29, 0.717) is 21.6 Å². The topological polar surface area (TPSA) is 25.8 Å². The van der Waals surface area contributed by atoms with Crippen LogP contribution < -0.4 is 0 Å². The Morgan fingerprint density at radius 1 is 1.24 bits per heavy atom. The molecule has 0 saturated heterocycles. The molecule has 1 aromatic heterocycles. The summed E-state index contributed by atoms with van der Waals surface area (Å²) in [6, 6.07) is 6.20. The van der Waals surface area contributed by atoms with E-state index in [0.717, 1.165) is 5.69 Å². The van der Waals surface area contributed by atoms with E-state index in [9.17, 15) is 4.39 Å². The van der Waals surface area contributed by atoms with Gasteiger partial charge in [0.25, 0.3) is 0 Å². The lowest BCUT2D eigenvalue weighted by atomic mass is 10.1. The second kappa shape index (κ2) is 4.98. The van der Waals surface area contributed by atoms with Crippen LogP contribution in [0.4, 0.5) is 4.39 Å². The Hall–Kier alpha value is -1.19. The first-order chi connectivity index (χ1) is 8.06. The molecule has 0 saturated carbocycles. The van der Waals surface area contributed by atoms with E-state index in [1.807, 2.05) is 0 Å². The molecular formula is C12H9Cl2FN2. The van der Waals surface area contributed by atoms with Crippen molar-refractivity contribution in [2.24, 2.45) is 0 Å². The second-order valence-corrected chi connectivity index (χ2v) is 4.42. The van der Waals surface area contributed by atoms with Crippen molar-refractivity contribution < 1.29 is 4.39 Å². The van der Waals surface area contributed by atoms with Gasteiger partial charge >= 0.3 is 0 Å². The third kappa shape index (κ3) is 2.93. The summed E-state index contributed by atoms with van der Waals surface area (Å²) in [6.07, 6.45) is 0.229. The van der Waals surface area contributed by atoms with Gasteiger partial charge in [0.05, 0.1) is 0 Å². The molecule has 0 radical (unpaired) electrons. The number of hydrogen-bond donors (Lipinski definition) is 0. The minimum atomic E-state index is -0.362. The number of halogens is 3. The van der Waals surface area contributed by atoms with Crippen molar-refractivity contribution in [1.82, 2.24) is 9.97 Å². The van der Waals surface area contributed by atoms with Gasteiger partial charge in [0.1, 0.15) is 16.8 Å². The maximum atomic E-state index is 13.6. The molecule has 1 aromatic carbocycles. The fraction of sp³-hybridized carbons (Fsp3) is 0.167. The summed E-state index contributed by atoms with van der Waals surface area (Å²) in [5.74, 6) is 0.0979. The molecule has 0 amide bonds. The van der Waals surface area contributed by atoms with Gasteiger partial charge in [0.2, 0.25) is 0 Å². The minimum absolute atomic E-state index is 0.229. The van der Waals surface area contributed by atoms with Crippen molar-refractivity contribution in [2.45, 2.75) is 13.3 Å². The van der Waals surface area contributed by atoms with Gasteiger partial charge in [-0.3, -0.25) is 0 Å². The van der Waals surface area contributed by atoms with Crippen molar-refractivity contribution in [2.75, 3.05) is 0 Å². The molecule has 0 spiro atoms. The first kappa shape index (κ1) is 12.3. The molecule has 0 fully saturated rings. The van der Waals surface area contributed by atoms with Gasteiger partial charge in [-0.2, -0.15) is 0 Å². The summed E-state index contributed by atoms with van der Waals surface area (Å²) < 4.78 is 13.6. The van der Waals surface area contributed by atoms with Crippen LogP contribution in [0.25, 0.3) is 0 Å². The number of rotatable bonds is 2. The number of hydrogen-bond acceptors (Lipinski definition) is 2. The molecule has 0 bridgehead atoms. The zero-order valence-corrected chi connectivity index (χ0v) is 10.6. The van der Waals surface area contributed by atoms with Crippen LogP contribution in [0.1, 0.15) is 17.1 Å². The van der Waals surface area contributed by atoms with Gasteiger partial charge in [-0.05, 0) is 25.1 Å². The van der Waals surface area contributed by atoms with Gasteiger partial charge in [0.15, 0.2) is 0 Å². The maximum Gasteiger partial charge on any atom is 0.134 e. The average Bonchev–Trinajstić information content (AvgIpc) is 2.22. The number of nitrogens with zero attached hydrogens (tertiary/aromatic N) is 2. The first-order valence-electron chi connectivity index (χ1n) is 4.99. The smallest absolute Gasteiger partial charge is 0.134 e. The van der Waals surface area contributed by atoms with Crippen molar-refractivity contribution in [3.05, 3.63) is 57.3 Å². The van der Waals surface area contributed by atoms with E-state index >= 15 is 0 Å². The predicted molar refractivity (Wildman–Crippen MR) is 66.0 cm³/mol. The zero-order valence-electron chi connectivity index (χ0n) is 9.04. The Balaban J connectivity index is 2.38. The SMILES string of the molecule is Cc1cc(Cl)nc(Cc2c(F)cccc2Cl)n1. The Bertz CT molecular complexity index is 518. The van der Waals surface area contributed by atoms with Crippen LogP contribution in [0.2, 0.25) is 10.2 Å². The fourth-order valence-electron chi connectivity index (χ4n) is 1.53. The summed E-state index contributed by atoms with van der Waals surface area (Å²) in [7, 11) is 0. The second-order valence-electron chi connectivity index (χ2n) is 3.63. The third-order valence-corrected chi connectivity index (χ3v) is 2.81. The molecular weight excluding hydrogens is 262 g/mol. The Morgan fingerprint density at radius 3 is 2.65 bits per heavy atom. The quantitative estimate of drug-likeness (QED) is 0.776. The summed E-state index contributed by atoms with van der Waals surface area (Å²) in [6.45, 7) is 1.81. The standard InChI is InChI=1S/C12H9Cl2FN2/c1-7-5-11(14)17-12(16-7)6-8-9(13)3-2-4-10(8)15/h2-5H,6H2,1H3. The minimum Gasteiger partial charge on any atom is -0.238 e. The molecule has 0 aliphatic heterocycles. The normalized spacial score (nSPS) is 10.6. The number of benzene rings is 1. The van der Waals surface area contributed by atoms with Crippen LogP contribution in [0.15, 0.2) is 24.3 Å². The van der Waals surface area contributed by atoms with E-state index in [1.165, 1.54) is 6.07 Å². The summed E-state index contributed by atoms with van der Waals surface area (Å²) in [4.78, 5) is 8.23. The third-order valence-electron chi connectivity index (χ3n) is 2.27. The molecule has 88 valence electrons. The Labute approximate surface area is 108 Å². The molecule has 0 atom stereocenters. The van der Waals surface area contributed by atoms with E-state index < -0.39 is 0 Å². The van der Waals surface area contributed by atoms with Gasteiger partial charge in [-0.15, -0.1) is 0 Å². The Kier molecular flexibility index (Phi) is 3.60. The van der Waals surface area contributed by atoms with Crippen LogP contribution in [-0.2, 0) is 6.42 Å². The zero-order chi connectivity index (χ0) is 12.4. The summed E-state index contributed by atoms with van der Waals surface area (Å²) in [5.41, 5.74) is 1.13. The van der Waals surface area contributed by atoms with E-state index in [-0.39, 0.29) is 12.2 Å². The largest absolute Gasteiger partial charge is 0.238 e. The summed E-state index contributed by atoms with van der Waals surface area (Å²) >= 11 is 11.7. The molecule has 2 nitrogen and oxygen atoms in total. The monoisotopic (exact) mass is 270 g/mol. The average molecular weight is 271 g/mol. The lowest BCUT2D eigenvalue weighted by Gasteiger charge is -2.05. The van der Waals surface area contributed by atoms with E-state index in [2.05, 4.69) is 9.97 Å². The summed E-state index contributed by atoms with van der Waals surface area (Å²) in [5, 5.41) is 0.714. The first-order valence-corrected chi connectivity index (χ1v) is 5.75. The molecule has 0 aliphatic rings. The van der Waals surface area contributed by atoms with Crippen LogP contribution in [0.5, 0.6) is 0 Å².